The van der Waals surface area contributed by atoms with E-state index in [0.29, 0.717) is 11.5 Å². The normalized spacial score (nSPS) is 16.6. The smallest absolute Gasteiger partial charge is 0.266 e. The molecule has 1 fully saturated rings. The van der Waals surface area contributed by atoms with Gasteiger partial charge in [0.25, 0.3) is 11.8 Å². The number of anilines is 2. The summed E-state index contributed by atoms with van der Waals surface area (Å²) in [6.45, 7) is 3.58. The molecule has 7 heteroatoms. The van der Waals surface area contributed by atoms with Gasteiger partial charge in [0.1, 0.15) is 5.82 Å². The molecule has 0 spiro atoms. The Morgan fingerprint density at radius 2 is 2.00 bits per heavy atom. The van der Waals surface area contributed by atoms with Gasteiger partial charge in [0.2, 0.25) is 0 Å². The zero-order chi connectivity index (χ0) is 14.1. The van der Waals surface area contributed by atoms with E-state index in [1.54, 1.807) is 12.1 Å². The molecule has 1 aliphatic heterocycles. The Morgan fingerprint density at radius 1 is 1.25 bits per heavy atom. The zero-order valence-corrected chi connectivity index (χ0v) is 11.2. The van der Waals surface area contributed by atoms with Gasteiger partial charge in [-0.05, 0) is 24.3 Å². The molecule has 2 N–H and O–H groups in total. The standard InChI is InChI=1S/C13H16FN5O/c1-18-5-7-19(8-6-18)13-16-12(20-17-13)9-3-2-4-10(14)11(9)15/h2-4H,5-8,15H2,1H3. The van der Waals surface area contributed by atoms with E-state index in [2.05, 4.69) is 22.1 Å². The third kappa shape index (κ3) is 2.32. The lowest BCUT2D eigenvalue weighted by Crippen LogP contribution is -2.44. The zero-order valence-electron chi connectivity index (χ0n) is 11.2. The molecule has 0 saturated carbocycles. The highest BCUT2D eigenvalue weighted by Gasteiger charge is 2.20. The summed E-state index contributed by atoms with van der Waals surface area (Å²) in [4.78, 5) is 8.60. The van der Waals surface area contributed by atoms with Gasteiger partial charge in [-0.1, -0.05) is 6.07 Å². The molecule has 1 saturated heterocycles. The number of hydrogen-bond acceptors (Lipinski definition) is 6. The Hall–Kier alpha value is -2.15. The van der Waals surface area contributed by atoms with E-state index in [-0.39, 0.29) is 11.6 Å². The minimum absolute atomic E-state index is 0.0288. The first-order valence-electron chi connectivity index (χ1n) is 6.46. The number of nitrogen functional groups attached to an aromatic ring is 1. The molecule has 2 heterocycles. The number of para-hydroxylation sites is 1. The molecule has 3 rings (SSSR count). The highest BCUT2D eigenvalue weighted by molar-refractivity contribution is 5.71. The first kappa shape index (κ1) is 12.9. The van der Waals surface area contributed by atoms with Gasteiger partial charge in [0.05, 0.1) is 11.3 Å². The van der Waals surface area contributed by atoms with Crippen LogP contribution in [0.4, 0.5) is 16.0 Å². The molecule has 0 amide bonds. The summed E-state index contributed by atoms with van der Waals surface area (Å²) in [7, 11) is 2.08. The summed E-state index contributed by atoms with van der Waals surface area (Å²) in [6.07, 6.45) is 0. The molecule has 0 bridgehead atoms. The lowest BCUT2D eigenvalue weighted by molar-refractivity contribution is 0.309. The molecular formula is C13H16FN5O. The average molecular weight is 277 g/mol. The van der Waals surface area contributed by atoms with Crippen molar-refractivity contribution in [3.05, 3.63) is 24.0 Å². The Bertz CT molecular complexity index is 607. The van der Waals surface area contributed by atoms with Gasteiger partial charge in [-0.15, -0.1) is 0 Å². The van der Waals surface area contributed by atoms with E-state index in [1.165, 1.54) is 6.07 Å². The van der Waals surface area contributed by atoms with Crippen LogP contribution >= 0.6 is 0 Å². The molecule has 0 unspecified atom stereocenters. The Morgan fingerprint density at radius 3 is 2.75 bits per heavy atom. The number of hydrogen-bond donors (Lipinski definition) is 1. The minimum Gasteiger partial charge on any atom is -0.396 e. The third-order valence-corrected chi connectivity index (χ3v) is 3.48. The van der Waals surface area contributed by atoms with Gasteiger partial charge in [-0.2, -0.15) is 4.98 Å². The summed E-state index contributed by atoms with van der Waals surface area (Å²) >= 11 is 0. The van der Waals surface area contributed by atoms with Crippen molar-refractivity contribution in [2.45, 2.75) is 0 Å². The van der Waals surface area contributed by atoms with E-state index in [9.17, 15) is 4.39 Å². The van der Waals surface area contributed by atoms with E-state index in [1.807, 2.05) is 4.90 Å². The first-order chi connectivity index (χ1) is 9.65. The van der Waals surface area contributed by atoms with Gasteiger partial charge in [-0.3, -0.25) is 0 Å². The number of likely N-dealkylation sites (N-methyl/N-ethyl adjacent to an activating group) is 1. The molecule has 0 atom stereocenters. The number of aromatic nitrogens is 2. The lowest BCUT2D eigenvalue weighted by Gasteiger charge is -2.31. The van der Waals surface area contributed by atoms with Crippen molar-refractivity contribution < 1.29 is 8.91 Å². The fourth-order valence-corrected chi connectivity index (χ4v) is 2.18. The van der Waals surface area contributed by atoms with Crippen LogP contribution in [0.15, 0.2) is 22.7 Å². The SMILES string of the molecule is CN1CCN(c2noc(-c3cccc(F)c3N)n2)CC1. The monoisotopic (exact) mass is 277 g/mol. The second-order valence-electron chi connectivity index (χ2n) is 4.89. The van der Waals surface area contributed by atoms with Crippen LogP contribution in [0.5, 0.6) is 0 Å². The van der Waals surface area contributed by atoms with E-state index in [0.717, 1.165) is 26.2 Å². The number of halogens is 1. The van der Waals surface area contributed by atoms with Crippen molar-refractivity contribution >= 4 is 11.6 Å². The summed E-state index contributed by atoms with van der Waals surface area (Å²) < 4.78 is 18.6. The van der Waals surface area contributed by atoms with E-state index in [4.69, 9.17) is 10.3 Å². The minimum atomic E-state index is -0.484. The largest absolute Gasteiger partial charge is 0.396 e. The van der Waals surface area contributed by atoms with Gasteiger partial charge in [0, 0.05) is 26.2 Å². The number of benzene rings is 1. The van der Waals surface area contributed by atoms with Gasteiger partial charge >= 0.3 is 0 Å². The second kappa shape index (κ2) is 5.09. The Labute approximate surface area is 116 Å². The topological polar surface area (TPSA) is 71.4 Å². The number of nitrogens with two attached hydrogens (primary N) is 1. The van der Waals surface area contributed by atoms with Crippen LogP contribution in [0, 0.1) is 5.82 Å². The predicted molar refractivity (Wildman–Crippen MR) is 73.8 cm³/mol. The van der Waals surface area contributed by atoms with Crippen molar-refractivity contribution in [2.24, 2.45) is 0 Å². The van der Waals surface area contributed by atoms with Gasteiger partial charge < -0.3 is 20.1 Å². The van der Waals surface area contributed by atoms with E-state index >= 15 is 0 Å². The quantitative estimate of drug-likeness (QED) is 0.832. The van der Waals surface area contributed by atoms with E-state index < -0.39 is 5.82 Å². The highest BCUT2D eigenvalue weighted by atomic mass is 19.1. The van der Waals surface area contributed by atoms with Crippen LogP contribution < -0.4 is 10.6 Å². The molecule has 0 radical (unpaired) electrons. The molecule has 0 aliphatic carbocycles. The molecule has 106 valence electrons. The summed E-state index contributed by atoms with van der Waals surface area (Å²) in [5.74, 6) is 0.287. The highest BCUT2D eigenvalue weighted by Crippen LogP contribution is 2.27. The van der Waals surface area contributed by atoms with Crippen molar-refractivity contribution in [1.29, 1.82) is 0 Å². The van der Waals surface area contributed by atoms with Gasteiger partial charge in [-0.25, -0.2) is 4.39 Å². The second-order valence-corrected chi connectivity index (χ2v) is 4.89. The summed E-state index contributed by atoms with van der Waals surface area (Å²) in [5, 5.41) is 3.96. The molecule has 6 nitrogen and oxygen atoms in total. The molecular weight excluding hydrogens is 261 g/mol. The maximum atomic E-state index is 13.4. The predicted octanol–water partition coefficient (Wildman–Crippen LogP) is 1.21. The maximum Gasteiger partial charge on any atom is 0.266 e. The van der Waals surface area contributed by atoms with Crippen LogP contribution in [0.25, 0.3) is 11.5 Å². The van der Waals surface area contributed by atoms with Crippen molar-refractivity contribution in [3.8, 4) is 11.5 Å². The number of nitrogens with zero attached hydrogens (tertiary/aromatic N) is 4. The fourth-order valence-electron chi connectivity index (χ4n) is 2.18. The molecule has 1 aromatic heterocycles. The van der Waals surface area contributed by atoms with Crippen molar-refractivity contribution in [3.63, 3.8) is 0 Å². The number of rotatable bonds is 2. The van der Waals surface area contributed by atoms with Crippen LogP contribution in [-0.2, 0) is 0 Å². The van der Waals surface area contributed by atoms with Crippen LogP contribution in [-0.4, -0.2) is 48.3 Å². The molecule has 1 aromatic carbocycles. The Balaban J connectivity index is 1.85. The first-order valence-corrected chi connectivity index (χ1v) is 6.46. The Kier molecular flexibility index (Phi) is 3.27. The molecule has 20 heavy (non-hydrogen) atoms. The van der Waals surface area contributed by atoms with Crippen LogP contribution in [0.3, 0.4) is 0 Å². The van der Waals surface area contributed by atoms with Crippen molar-refractivity contribution in [2.75, 3.05) is 43.9 Å². The molecule has 1 aliphatic rings. The number of piperazine rings is 1. The molecule has 2 aromatic rings. The summed E-state index contributed by atoms with van der Waals surface area (Å²) in [5.41, 5.74) is 6.15. The van der Waals surface area contributed by atoms with Gasteiger partial charge in [0.15, 0.2) is 0 Å². The third-order valence-electron chi connectivity index (χ3n) is 3.48. The van der Waals surface area contributed by atoms with Crippen molar-refractivity contribution in [1.82, 2.24) is 15.0 Å². The average Bonchev–Trinajstić information content (AvgIpc) is 2.92. The summed E-state index contributed by atoms with van der Waals surface area (Å²) in [6, 6.07) is 4.54. The fraction of sp³-hybridized carbons (Fsp3) is 0.385. The van der Waals surface area contributed by atoms with Crippen LogP contribution in [0.1, 0.15) is 0 Å². The van der Waals surface area contributed by atoms with Crippen LogP contribution in [0.2, 0.25) is 0 Å². The maximum absolute atomic E-state index is 13.4. The lowest BCUT2D eigenvalue weighted by atomic mass is 10.2.